The molecule has 0 bridgehead atoms. The average Bonchev–Trinajstić information content (AvgIpc) is 2.93. The van der Waals surface area contributed by atoms with Crippen LogP contribution in [0.3, 0.4) is 0 Å². The Kier molecular flexibility index (Phi) is 4.14. The van der Waals surface area contributed by atoms with E-state index >= 15 is 0 Å². The highest BCUT2D eigenvalue weighted by Crippen LogP contribution is 2.27. The van der Waals surface area contributed by atoms with E-state index in [9.17, 15) is 14.9 Å². The third-order valence-electron chi connectivity index (χ3n) is 2.67. The lowest BCUT2D eigenvalue weighted by Crippen LogP contribution is -2.30. The molecule has 0 aliphatic heterocycles. The summed E-state index contributed by atoms with van der Waals surface area (Å²) >= 11 is 0. The van der Waals surface area contributed by atoms with Crippen LogP contribution in [-0.2, 0) is 6.73 Å². The molecular weight excluding hydrogens is 278 g/mol. The molecule has 2 rings (SSSR count). The van der Waals surface area contributed by atoms with Gasteiger partial charge in [-0.1, -0.05) is 6.07 Å². The van der Waals surface area contributed by atoms with E-state index in [1.54, 1.807) is 19.1 Å². The number of nitrogens with zero attached hydrogens (tertiary/aromatic N) is 3. The molecule has 110 valence electrons. The zero-order valence-corrected chi connectivity index (χ0v) is 11.1. The van der Waals surface area contributed by atoms with Crippen LogP contribution in [0.2, 0.25) is 0 Å². The summed E-state index contributed by atoms with van der Waals surface area (Å²) < 4.78 is 6.72. The predicted molar refractivity (Wildman–Crippen MR) is 72.3 cm³/mol. The van der Waals surface area contributed by atoms with E-state index in [-0.39, 0.29) is 23.9 Å². The molecule has 21 heavy (non-hydrogen) atoms. The number of carbonyl (C=O) groups excluding carboxylic acids is 1. The standard InChI is InChI=1S/C12H13N5O4/c1-8-2-3-10(17(19)20)11(6-8)21-7-16-5-4-9(15-16)12(18)14-13/h2-6H,7,13H2,1H3,(H,14,18). The van der Waals surface area contributed by atoms with Crippen molar-refractivity contribution in [2.45, 2.75) is 13.7 Å². The molecule has 0 aliphatic rings. The predicted octanol–water partition coefficient (Wildman–Crippen LogP) is 0.740. The van der Waals surface area contributed by atoms with E-state index in [2.05, 4.69) is 5.10 Å². The molecule has 9 nitrogen and oxygen atoms in total. The van der Waals surface area contributed by atoms with Gasteiger partial charge in [0.1, 0.15) is 0 Å². The number of hydrogen-bond acceptors (Lipinski definition) is 6. The van der Waals surface area contributed by atoms with E-state index in [1.165, 1.54) is 23.0 Å². The van der Waals surface area contributed by atoms with Crippen LogP contribution in [0.4, 0.5) is 5.69 Å². The van der Waals surface area contributed by atoms with E-state index in [1.807, 2.05) is 5.43 Å². The fourth-order valence-corrected chi connectivity index (χ4v) is 1.65. The number of nitro groups is 1. The van der Waals surface area contributed by atoms with Crippen LogP contribution >= 0.6 is 0 Å². The Morgan fingerprint density at radius 3 is 2.95 bits per heavy atom. The Bertz CT molecular complexity index is 682. The Hall–Kier alpha value is -2.94. The number of hydrogen-bond donors (Lipinski definition) is 2. The third-order valence-corrected chi connectivity index (χ3v) is 2.67. The van der Waals surface area contributed by atoms with Gasteiger partial charge in [0.2, 0.25) is 0 Å². The highest BCUT2D eigenvalue weighted by Gasteiger charge is 2.15. The molecule has 0 spiro atoms. The minimum Gasteiger partial charge on any atom is -0.464 e. The van der Waals surface area contributed by atoms with Gasteiger partial charge in [0.25, 0.3) is 5.91 Å². The Labute approximate surface area is 119 Å². The number of ether oxygens (including phenoxy) is 1. The summed E-state index contributed by atoms with van der Waals surface area (Å²) in [5.74, 6) is 4.60. The molecule has 0 atom stereocenters. The zero-order valence-electron chi connectivity index (χ0n) is 11.1. The second-order valence-electron chi connectivity index (χ2n) is 4.22. The fourth-order valence-electron chi connectivity index (χ4n) is 1.65. The van der Waals surface area contributed by atoms with E-state index in [0.29, 0.717) is 0 Å². The number of aryl methyl sites for hydroxylation is 1. The number of hydrazine groups is 1. The first-order chi connectivity index (χ1) is 10.0. The second-order valence-corrected chi connectivity index (χ2v) is 4.22. The summed E-state index contributed by atoms with van der Waals surface area (Å²) in [6.07, 6.45) is 1.51. The van der Waals surface area contributed by atoms with Gasteiger partial charge < -0.3 is 4.74 Å². The number of aromatic nitrogens is 2. The van der Waals surface area contributed by atoms with Crippen molar-refractivity contribution >= 4 is 11.6 Å². The highest BCUT2D eigenvalue weighted by atomic mass is 16.6. The molecule has 0 fully saturated rings. The first kappa shape index (κ1) is 14.5. The maximum atomic E-state index is 11.2. The zero-order chi connectivity index (χ0) is 15.4. The molecule has 9 heteroatoms. The number of amides is 1. The van der Waals surface area contributed by atoms with Crippen LogP contribution in [0.1, 0.15) is 16.1 Å². The minimum atomic E-state index is -0.532. The van der Waals surface area contributed by atoms with Gasteiger partial charge in [-0.3, -0.25) is 20.3 Å². The van der Waals surface area contributed by atoms with Crippen molar-refractivity contribution in [2.24, 2.45) is 5.84 Å². The molecule has 0 saturated heterocycles. The first-order valence-electron chi connectivity index (χ1n) is 5.93. The average molecular weight is 291 g/mol. The van der Waals surface area contributed by atoms with Gasteiger partial charge in [0.05, 0.1) is 4.92 Å². The molecule has 1 heterocycles. The minimum absolute atomic E-state index is 0.0673. The van der Waals surface area contributed by atoms with Crippen molar-refractivity contribution < 1.29 is 14.5 Å². The quantitative estimate of drug-likeness (QED) is 0.362. The molecule has 0 radical (unpaired) electrons. The molecule has 1 aromatic carbocycles. The molecule has 0 unspecified atom stereocenters. The van der Waals surface area contributed by atoms with Crippen molar-refractivity contribution in [1.82, 2.24) is 15.2 Å². The SMILES string of the molecule is Cc1ccc([N+](=O)[O-])c(OCn2ccc(C(=O)NN)n2)c1. The van der Waals surface area contributed by atoms with Gasteiger partial charge in [-0.05, 0) is 24.6 Å². The summed E-state index contributed by atoms with van der Waals surface area (Å²) in [7, 11) is 0. The van der Waals surface area contributed by atoms with Crippen molar-refractivity contribution in [3.8, 4) is 5.75 Å². The van der Waals surface area contributed by atoms with Gasteiger partial charge in [0, 0.05) is 12.3 Å². The number of nitrogens with one attached hydrogen (secondary N) is 1. The van der Waals surface area contributed by atoms with Crippen molar-refractivity contribution in [1.29, 1.82) is 0 Å². The van der Waals surface area contributed by atoms with Gasteiger partial charge in [-0.15, -0.1) is 0 Å². The molecule has 1 amide bonds. The summed E-state index contributed by atoms with van der Waals surface area (Å²) in [5.41, 5.74) is 2.78. The van der Waals surface area contributed by atoms with Gasteiger partial charge >= 0.3 is 5.69 Å². The van der Waals surface area contributed by atoms with E-state index in [4.69, 9.17) is 10.6 Å². The number of nitrogen functional groups attached to an aromatic ring is 1. The number of nitrogens with two attached hydrogens (primary N) is 1. The summed E-state index contributed by atoms with van der Waals surface area (Å²) in [6.45, 7) is 1.73. The Morgan fingerprint density at radius 2 is 2.29 bits per heavy atom. The van der Waals surface area contributed by atoms with Crippen molar-refractivity contribution in [3.05, 3.63) is 51.8 Å². The first-order valence-corrected chi connectivity index (χ1v) is 5.93. The maximum Gasteiger partial charge on any atom is 0.311 e. The topological polar surface area (TPSA) is 125 Å². The lowest BCUT2D eigenvalue weighted by atomic mass is 10.2. The summed E-state index contributed by atoms with van der Waals surface area (Å²) in [4.78, 5) is 21.6. The van der Waals surface area contributed by atoms with Crippen LogP contribution in [0.5, 0.6) is 5.75 Å². The Balaban J connectivity index is 2.13. The number of nitro benzene ring substituents is 1. The normalized spacial score (nSPS) is 10.2. The molecule has 0 aliphatic carbocycles. The summed E-state index contributed by atoms with van der Waals surface area (Å²) in [6, 6.07) is 6.02. The molecule has 1 aromatic heterocycles. The molecular formula is C12H13N5O4. The summed E-state index contributed by atoms with van der Waals surface area (Å²) in [5, 5.41) is 14.8. The molecule has 2 aromatic rings. The van der Waals surface area contributed by atoms with Gasteiger partial charge in [-0.25, -0.2) is 10.5 Å². The maximum absolute atomic E-state index is 11.2. The van der Waals surface area contributed by atoms with Crippen LogP contribution in [0.15, 0.2) is 30.5 Å². The fraction of sp³-hybridized carbons (Fsp3) is 0.167. The van der Waals surface area contributed by atoms with Crippen molar-refractivity contribution in [3.63, 3.8) is 0 Å². The number of rotatable bonds is 5. The molecule has 0 saturated carbocycles. The highest BCUT2D eigenvalue weighted by molar-refractivity contribution is 5.91. The van der Waals surface area contributed by atoms with Crippen LogP contribution < -0.4 is 16.0 Å². The van der Waals surface area contributed by atoms with Crippen molar-refractivity contribution in [2.75, 3.05) is 0 Å². The van der Waals surface area contributed by atoms with Crippen LogP contribution in [0.25, 0.3) is 0 Å². The second kappa shape index (κ2) is 6.01. The smallest absolute Gasteiger partial charge is 0.311 e. The van der Waals surface area contributed by atoms with E-state index in [0.717, 1.165) is 5.56 Å². The monoisotopic (exact) mass is 291 g/mol. The number of benzene rings is 1. The number of carbonyl (C=O) groups is 1. The lowest BCUT2D eigenvalue weighted by Gasteiger charge is -2.07. The van der Waals surface area contributed by atoms with Crippen LogP contribution in [0, 0.1) is 17.0 Å². The lowest BCUT2D eigenvalue weighted by molar-refractivity contribution is -0.386. The van der Waals surface area contributed by atoms with Gasteiger partial charge in [0.15, 0.2) is 18.2 Å². The largest absolute Gasteiger partial charge is 0.464 e. The third kappa shape index (κ3) is 3.34. The van der Waals surface area contributed by atoms with Crippen LogP contribution in [-0.4, -0.2) is 20.6 Å². The molecule has 3 N–H and O–H groups in total. The Morgan fingerprint density at radius 1 is 1.52 bits per heavy atom. The van der Waals surface area contributed by atoms with E-state index < -0.39 is 10.8 Å². The van der Waals surface area contributed by atoms with Gasteiger partial charge in [-0.2, -0.15) is 5.10 Å².